The number of aromatic nitrogens is 1. The lowest BCUT2D eigenvalue weighted by Crippen LogP contribution is -2.26. The quantitative estimate of drug-likeness (QED) is 0.780. The lowest BCUT2D eigenvalue weighted by molar-refractivity contribution is 0.0941. The highest BCUT2D eigenvalue weighted by Crippen LogP contribution is 2.19. The zero-order valence-electron chi connectivity index (χ0n) is 12.1. The van der Waals surface area contributed by atoms with E-state index in [4.69, 9.17) is 11.6 Å². The molecule has 3 aromatic rings. The van der Waals surface area contributed by atoms with E-state index < -0.39 is 0 Å². The summed E-state index contributed by atoms with van der Waals surface area (Å²) in [6, 6.07) is 16.7. The Labute approximate surface area is 133 Å². The van der Waals surface area contributed by atoms with Crippen molar-refractivity contribution in [3.63, 3.8) is 0 Å². The Morgan fingerprint density at radius 2 is 1.86 bits per heavy atom. The van der Waals surface area contributed by atoms with Gasteiger partial charge in [0.05, 0.1) is 11.6 Å². The van der Waals surface area contributed by atoms with Crippen LogP contribution >= 0.6 is 11.6 Å². The number of amides is 1. The van der Waals surface area contributed by atoms with Crippen molar-refractivity contribution in [3.05, 3.63) is 76.9 Å². The zero-order valence-corrected chi connectivity index (χ0v) is 12.8. The molecule has 0 aliphatic rings. The number of nitrogens with zero attached hydrogens (tertiary/aromatic N) is 1. The minimum Gasteiger partial charge on any atom is -0.345 e. The van der Waals surface area contributed by atoms with Crippen LogP contribution in [0.4, 0.5) is 0 Å². The van der Waals surface area contributed by atoms with Crippen molar-refractivity contribution >= 4 is 28.4 Å². The summed E-state index contributed by atoms with van der Waals surface area (Å²) in [6.45, 7) is 1.95. The molecule has 1 amide bonds. The number of nitrogens with one attached hydrogen (secondary N) is 1. The second kappa shape index (κ2) is 6.16. The van der Waals surface area contributed by atoms with Crippen molar-refractivity contribution < 1.29 is 4.79 Å². The monoisotopic (exact) mass is 310 g/mol. The van der Waals surface area contributed by atoms with Crippen LogP contribution in [0.1, 0.15) is 28.9 Å². The van der Waals surface area contributed by atoms with Crippen molar-refractivity contribution in [1.29, 1.82) is 0 Å². The number of halogens is 1. The molecule has 0 spiro atoms. The fraction of sp³-hybridized carbons (Fsp3) is 0.111. The second-order valence-corrected chi connectivity index (χ2v) is 5.56. The van der Waals surface area contributed by atoms with Gasteiger partial charge in [0, 0.05) is 22.2 Å². The van der Waals surface area contributed by atoms with Crippen LogP contribution in [-0.4, -0.2) is 10.9 Å². The molecule has 110 valence electrons. The summed E-state index contributed by atoms with van der Waals surface area (Å²) in [4.78, 5) is 16.8. The van der Waals surface area contributed by atoms with Crippen LogP contribution in [-0.2, 0) is 0 Å². The van der Waals surface area contributed by atoms with E-state index >= 15 is 0 Å². The Bertz CT molecular complexity index is 809. The van der Waals surface area contributed by atoms with Gasteiger partial charge >= 0.3 is 0 Å². The third kappa shape index (κ3) is 2.95. The summed E-state index contributed by atoms with van der Waals surface area (Å²) in [5.74, 6) is -0.110. The maximum Gasteiger partial charge on any atom is 0.252 e. The maximum atomic E-state index is 12.5. The molecule has 1 heterocycles. The molecule has 2 aromatic carbocycles. The first kappa shape index (κ1) is 14.5. The summed E-state index contributed by atoms with van der Waals surface area (Å²) >= 11 is 5.89. The van der Waals surface area contributed by atoms with Gasteiger partial charge in [-0.25, -0.2) is 0 Å². The minimum absolute atomic E-state index is 0.100. The molecule has 0 radical (unpaired) electrons. The predicted octanol–water partition coefficient (Wildman–Crippen LogP) is 4.38. The smallest absolute Gasteiger partial charge is 0.252 e. The normalized spacial score (nSPS) is 12.1. The summed E-state index contributed by atoms with van der Waals surface area (Å²) in [5.41, 5.74) is 2.46. The van der Waals surface area contributed by atoms with Crippen LogP contribution in [0.5, 0.6) is 0 Å². The van der Waals surface area contributed by atoms with Crippen molar-refractivity contribution in [2.24, 2.45) is 0 Å². The lowest BCUT2D eigenvalue weighted by atomic mass is 10.1. The molecular formula is C18H15ClN2O. The summed E-state index contributed by atoms with van der Waals surface area (Å²) < 4.78 is 0. The molecular weight excluding hydrogens is 296 g/mol. The Morgan fingerprint density at radius 1 is 1.09 bits per heavy atom. The number of benzene rings is 2. The van der Waals surface area contributed by atoms with Crippen molar-refractivity contribution in [1.82, 2.24) is 10.3 Å². The van der Waals surface area contributed by atoms with Crippen LogP contribution in [0.25, 0.3) is 10.9 Å². The molecule has 22 heavy (non-hydrogen) atoms. The van der Waals surface area contributed by atoms with Gasteiger partial charge < -0.3 is 5.32 Å². The van der Waals surface area contributed by atoms with Gasteiger partial charge in [0.25, 0.3) is 5.91 Å². The van der Waals surface area contributed by atoms with Crippen LogP contribution in [0.3, 0.4) is 0 Å². The number of pyridine rings is 1. The highest BCUT2D eigenvalue weighted by Gasteiger charge is 2.14. The highest BCUT2D eigenvalue weighted by molar-refractivity contribution is 6.30. The van der Waals surface area contributed by atoms with Gasteiger partial charge in [0.1, 0.15) is 0 Å². The molecule has 0 saturated carbocycles. The van der Waals surface area contributed by atoms with Crippen LogP contribution in [0, 0.1) is 0 Å². The average molecular weight is 311 g/mol. The first-order chi connectivity index (χ1) is 10.6. The molecule has 3 rings (SSSR count). The Kier molecular flexibility index (Phi) is 4.07. The van der Waals surface area contributed by atoms with Crippen molar-refractivity contribution in [2.75, 3.05) is 0 Å². The maximum absolute atomic E-state index is 12.5. The molecule has 3 nitrogen and oxygen atoms in total. The van der Waals surface area contributed by atoms with E-state index in [-0.39, 0.29) is 11.9 Å². The molecule has 0 fully saturated rings. The third-order valence-corrected chi connectivity index (χ3v) is 3.86. The largest absolute Gasteiger partial charge is 0.345 e. The number of hydrogen-bond acceptors (Lipinski definition) is 2. The first-order valence-electron chi connectivity index (χ1n) is 7.05. The van der Waals surface area contributed by atoms with E-state index in [1.165, 1.54) is 0 Å². The molecule has 0 aliphatic carbocycles. The van der Waals surface area contributed by atoms with E-state index in [1.807, 2.05) is 61.5 Å². The summed E-state index contributed by atoms with van der Waals surface area (Å²) in [5, 5.41) is 4.55. The van der Waals surface area contributed by atoms with Gasteiger partial charge in [0.15, 0.2) is 0 Å². The molecule has 0 aliphatic heterocycles. The van der Waals surface area contributed by atoms with E-state index in [9.17, 15) is 4.79 Å². The van der Waals surface area contributed by atoms with Gasteiger partial charge in [0.2, 0.25) is 0 Å². The molecule has 4 heteroatoms. The van der Waals surface area contributed by atoms with Gasteiger partial charge in [-0.05, 0) is 42.8 Å². The van der Waals surface area contributed by atoms with Crippen LogP contribution in [0.15, 0.2) is 60.8 Å². The van der Waals surface area contributed by atoms with E-state index in [0.29, 0.717) is 10.6 Å². The van der Waals surface area contributed by atoms with Crippen LogP contribution < -0.4 is 5.32 Å². The van der Waals surface area contributed by atoms with Crippen molar-refractivity contribution in [3.8, 4) is 0 Å². The second-order valence-electron chi connectivity index (χ2n) is 5.12. The van der Waals surface area contributed by atoms with E-state index in [1.54, 1.807) is 6.20 Å². The Morgan fingerprint density at radius 3 is 2.64 bits per heavy atom. The topological polar surface area (TPSA) is 42.0 Å². The van der Waals surface area contributed by atoms with Gasteiger partial charge in [-0.2, -0.15) is 0 Å². The fourth-order valence-corrected chi connectivity index (χ4v) is 2.54. The fourth-order valence-electron chi connectivity index (χ4n) is 2.41. The summed E-state index contributed by atoms with van der Waals surface area (Å²) in [6.07, 6.45) is 1.72. The molecule has 0 unspecified atom stereocenters. The number of hydrogen-bond donors (Lipinski definition) is 1. The average Bonchev–Trinajstić information content (AvgIpc) is 2.54. The SMILES string of the molecule is C[C@H](NC(=O)c1cccc2ncccc12)c1ccc(Cl)cc1. The first-order valence-corrected chi connectivity index (χ1v) is 7.43. The molecule has 0 saturated heterocycles. The van der Waals surface area contributed by atoms with E-state index in [0.717, 1.165) is 16.5 Å². The minimum atomic E-state index is -0.110. The lowest BCUT2D eigenvalue weighted by Gasteiger charge is -2.15. The van der Waals surface area contributed by atoms with Gasteiger partial charge in [-0.15, -0.1) is 0 Å². The summed E-state index contributed by atoms with van der Waals surface area (Å²) in [7, 11) is 0. The standard InChI is InChI=1S/C18H15ClN2O/c1-12(13-7-9-14(19)10-8-13)21-18(22)16-4-2-6-17-15(16)5-3-11-20-17/h2-12H,1H3,(H,21,22)/t12-/m0/s1. The Balaban J connectivity index is 1.85. The predicted molar refractivity (Wildman–Crippen MR) is 89.1 cm³/mol. The number of carbonyl (C=O) groups is 1. The van der Waals surface area contributed by atoms with Crippen LogP contribution in [0.2, 0.25) is 5.02 Å². The zero-order chi connectivity index (χ0) is 15.5. The number of fused-ring (bicyclic) bond motifs is 1. The third-order valence-electron chi connectivity index (χ3n) is 3.61. The molecule has 0 bridgehead atoms. The molecule has 1 aromatic heterocycles. The number of carbonyl (C=O) groups excluding carboxylic acids is 1. The highest BCUT2D eigenvalue weighted by atomic mass is 35.5. The molecule has 1 atom stereocenters. The van der Waals surface area contributed by atoms with Crippen molar-refractivity contribution in [2.45, 2.75) is 13.0 Å². The number of rotatable bonds is 3. The van der Waals surface area contributed by atoms with Gasteiger partial charge in [-0.3, -0.25) is 9.78 Å². The van der Waals surface area contributed by atoms with Gasteiger partial charge in [-0.1, -0.05) is 35.9 Å². The van der Waals surface area contributed by atoms with E-state index in [2.05, 4.69) is 10.3 Å². The Hall–Kier alpha value is -2.39. The molecule has 1 N–H and O–H groups in total.